The number of amides is 1. The molecule has 0 heterocycles. The van der Waals surface area contributed by atoms with Crippen LogP contribution in [0.5, 0.6) is 5.75 Å². The number of phenolic OH excluding ortho intramolecular Hbond substituents is 1. The van der Waals surface area contributed by atoms with Gasteiger partial charge in [0.15, 0.2) is 0 Å². The van der Waals surface area contributed by atoms with Gasteiger partial charge in [-0.05, 0) is 37.5 Å². The van der Waals surface area contributed by atoms with Gasteiger partial charge in [-0.3, -0.25) is 4.79 Å². The van der Waals surface area contributed by atoms with E-state index in [4.69, 9.17) is 0 Å². The molecule has 3 heteroatoms. The van der Waals surface area contributed by atoms with E-state index < -0.39 is 0 Å². The lowest BCUT2D eigenvalue weighted by molar-refractivity contribution is -0.143. The molecule has 1 aromatic carbocycles. The fourth-order valence-corrected chi connectivity index (χ4v) is 3.12. The predicted molar refractivity (Wildman–Crippen MR) is 80.5 cm³/mol. The summed E-state index contributed by atoms with van der Waals surface area (Å²) in [6.07, 6.45) is 5.56. The van der Waals surface area contributed by atoms with Gasteiger partial charge >= 0.3 is 0 Å². The maximum absolute atomic E-state index is 12.8. The number of aromatic hydroxyl groups is 1. The van der Waals surface area contributed by atoms with Crippen molar-refractivity contribution in [3.8, 4) is 5.75 Å². The molecule has 1 amide bonds. The molecule has 20 heavy (non-hydrogen) atoms. The monoisotopic (exact) mass is 275 g/mol. The highest BCUT2D eigenvalue weighted by molar-refractivity contribution is 5.82. The minimum absolute atomic E-state index is 0.0295. The highest BCUT2D eigenvalue weighted by atomic mass is 16.3. The van der Waals surface area contributed by atoms with E-state index in [9.17, 15) is 9.90 Å². The fraction of sp³-hybridized carbons (Fsp3) is 0.588. The van der Waals surface area contributed by atoms with Crippen LogP contribution < -0.4 is 0 Å². The first-order valence-corrected chi connectivity index (χ1v) is 7.50. The van der Waals surface area contributed by atoms with Crippen molar-refractivity contribution >= 4 is 5.91 Å². The summed E-state index contributed by atoms with van der Waals surface area (Å²) in [6.45, 7) is 4.14. The van der Waals surface area contributed by atoms with Gasteiger partial charge in [-0.2, -0.15) is 0 Å². The zero-order valence-electron chi connectivity index (χ0n) is 12.7. The van der Waals surface area contributed by atoms with E-state index in [0.29, 0.717) is 0 Å². The maximum Gasteiger partial charge on any atom is 0.228 e. The van der Waals surface area contributed by atoms with E-state index in [1.807, 2.05) is 31.0 Å². The Hall–Kier alpha value is -1.51. The topological polar surface area (TPSA) is 40.5 Å². The summed E-state index contributed by atoms with van der Waals surface area (Å²) in [7, 11) is 1.89. The Kier molecular flexibility index (Phi) is 4.36. The first-order valence-electron chi connectivity index (χ1n) is 7.50. The highest BCUT2D eigenvalue weighted by Crippen LogP contribution is 2.38. The van der Waals surface area contributed by atoms with Gasteiger partial charge < -0.3 is 10.0 Å². The third-order valence-electron chi connectivity index (χ3n) is 4.75. The molecule has 1 aromatic rings. The Morgan fingerprint density at radius 2 is 1.75 bits per heavy atom. The minimum Gasteiger partial charge on any atom is -0.508 e. The van der Waals surface area contributed by atoms with E-state index in [-0.39, 0.29) is 23.1 Å². The van der Waals surface area contributed by atoms with Crippen molar-refractivity contribution in [1.29, 1.82) is 0 Å². The van der Waals surface area contributed by atoms with Crippen molar-refractivity contribution in [3.63, 3.8) is 0 Å². The molecule has 110 valence electrons. The van der Waals surface area contributed by atoms with Crippen molar-refractivity contribution in [2.45, 2.75) is 52.0 Å². The van der Waals surface area contributed by atoms with Crippen LogP contribution in [0.3, 0.4) is 0 Å². The van der Waals surface area contributed by atoms with Crippen molar-refractivity contribution in [2.24, 2.45) is 5.41 Å². The summed E-state index contributed by atoms with van der Waals surface area (Å²) in [5.74, 6) is 0.506. The molecule has 1 fully saturated rings. The van der Waals surface area contributed by atoms with E-state index in [0.717, 1.165) is 31.2 Å². The molecule has 1 N–H and O–H groups in total. The lowest BCUT2D eigenvalue weighted by atomic mass is 9.74. The van der Waals surface area contributed by atoms with Crippen LogP contribution in [0.15, 0.2) is 24.3 Å². The summed E-state index contributed by atoms with van der Waals surface area (Å²) in [5, 5.41) is 9.35. The second-order valence-corrected chi connectivity index (χ2v) is 6.30. The molecular weight excluding hydrogens is 250 g/mol. The first kappa shape index (κ1) is 14.9. The van der Waals surface area contributed by atoms with Gasteiger partial charge in [0.2, 0.25) is 5.91 Å². The number of hydrogen-bond acceptors (Lipinski definition) is 2. The normalized spacial score (nSPS) is 19.4. The Balaban J connectivity index is 2.11. The number of nitrogens with zero attached hydrogens (tertiary/aromatic N) is 1. The summed E-state index contributed by atoms with van der Waals surface area (Å²) in [4.78, 5) is 14.6. The van der Waals surface area contributed by atoms with Crippen LogP contribution in [0.2, 0.25) is 0 Å². The van der Waals surface area contributed by atoms with E-state index in [1.54, 1.807) is 12.1 Å². The van der Waals surface area contributed by atoms with Crippen LogP contribution in [0.4, 0.5) is 0 Å². The van der Waals surface area contributed by atoms with E-state index in [1.165, 1.54) is 6.42 Å². The Labute approximate surface area is 121 Å². The van der Waals surface area contributed by atoms with Gasteiger partial charge in [0.1, 0.15) is 5.75 Å². The molecule has 3 nitrogen and oxygen atoms in total. The van der Waals surface area contributed by atoms with Gasteiger partial charge in [-0.15, -0.1) is 0 Å². The van der Waals surface area contributed by atoms with Crippen LogP contribution in [-0.2, 0) is 4.79 Å². The summed E-state index contributed by atoms with van der Waals surface area (Å²) in [5.41, 5.74) is 0.858. The van der Waals surface area contributed by atoms with Crippen LogP contribution in [0.1, 0.15) is 57.6 Å². The van der Waals surface area contributed by atoms with Crippen molar-refractivity contribution in [3.05, 3.63) is 29.8 Å². The molecule has 0 saturated heterocycles. The molecule has 1 aliphatic rings. The number of rotatable bonds is 3. The molecule has 2 rings (SSSR count). The largest absolute Gasteiger partial charge is 0.508 e. The second kappa shape index (κ2) is 5.86. The summed E-state index contributed by atoms with van der Waals surface area (Å²) >= 11 is 0. The predicted octanol–water partition coefficient (Wildman–Crippen LogP) is 3.88. The molecule has 1 aliphatic carbocycles. The lowest BCUT2D eigenvalue weighted by Crippen LogP contribution is -2.42. The zero-order valence-corrected chi connectivity index (χ0v) is 12.7. The standard InChI is InChI=1S/C17H25NO2/c1-13(14-7-9-15(19)10-8-14)18(3)16(20)17(2)11-5-4-6-12-17/h7-10,13,19H,4-6,11-12H2,1-3H3. The number of hydrogen-bond donors (Lipinski definition) is 1. The Bertz CT molecular complexity index is 460. The maximum atomic E-state index is 12.8. The minimum atomic E-state index is -0.196. The number of carbonyl (C=O) groups is 1. The number of benzene rings is 1. The molecule has 0 aliphatic heterocycles. The quantitative estimate of drug-likeness (QED) is 0.909. The molecule has 0 spiro atoms. The SMILES string of the molecule is CC(c1ccc(O)cc1)N(C)C(=O)C1(C)CCCCC1. The van der Waals surface area contributed by atoms with Crippen molar-refractivity contribution in [1.82, 2.24) is 4.90 Å². The van der Waals surface area contributed by atoms with Crippen molar-refractivity contribution in [2.75, 3.05) is 7.05 Å². The van der Waals surface area contributed by atoms with Crippen molar-refractivity contribution < 1.29 is 9.90 Å². The van der Waals surface area contributed by atoms with Crippen LogP contribution >= 0.6 is 0 Å². The number of carbonyl (C=O) groups excluding carboxylic acids is 1. The molecule has 0 bridgehead atoms. The van der Waals surface area contributed by atoms with Gasteiger partial charge in [0.05, 0.1) is 6.04 Å². The van der Waals surface area contributed by atoms with Gasteiger partial charge in [-0.1, -0.05) is 38.3 Å². The first-order chi connectivity index (χ1) is 9.44. The fourth-order valence-electron chi connectivity index (χ4n) is 3.12. The van der Waals surface area contributed by atoms with Crippen LogP contribution in [0, 0.1) is 5.41 Å². The average molecular weight is 275 g/mol. The molecule has 0 radical (unpaired) electrons. The van der Waals surface area contributed by atoms with E-state index >= 15 is 0 Å². The van der Waals surface area contributed by atoms with Gasteiger partial charge in [-0.25, -0.2) is 0 Å². The molecule has 0 aromatic heterocycles. The Morgan fingerprint density at radius 3 is 2.30 bits per heavy atom. The summed E-state index contributed by atoms with van der Waals surface area (Å²) < 4.78 is 0. The van der Waals surface area contributed by atoms with Gasteiger partial charge in [0, 0.05) is 12.5 Å². The highest BCUT2D eigenvalue weighted by Gasteiger charge is 2.37. The zero-order chi connectivity index (χ0) is 14.8. The number of phenols is 1. The molecule has 1 atom stereocenters. The van der Waals surface area contributed by atoms with Gasteiger partial charge in [0.25, 0.3) is 0 Å². The Morgan fingerprint density at radius 1 is 1.20 bits per heavy atom. The summed E-state index contributed by atoms with van der Waals surface area (Å²) in [6, 6.07) is 7.14. The average Bonchev–Trinajstić information content (AvgIpc) is 2.46. The van der Waals surface area contributed by atoms with E-state index in [2.05, 4.69) is 6.92 Å². The molecule has 1 saturated carbocycles. The third kappa shape index (κ3) is 2.97. The molecular formula is C17H25NO2. The molecule has 1 unspecified atom stereocenters. The third-order valence-corrected chi connectivity index (χ3v) is 4.75. The smallest absolute Gasteiger partial charge is 0.228 e. The van der Waals surface area contributed by atoms with Crippen LogP contribution in [0.25, 0.3) is 0 Å². The second-order valence-electron chi connectivity index (χ2n) is 6.30. The lowest BCUT2D eigenvalue weighted by Gasteiger charge is -2.38. The van der Waals surface area contributed by atoms with Crippen LogP contribution in [-0.4, -0.2) is 23.0 Å².